The Kier molecular flexibility index (Phi) is 4.69. The Morgan fingerprint density at radius 1 is 1.31 bits per heavy atom. The SMILES string of the molecule is CC(=O)CN(C)CCc1cc(C)ccc1C. The molecule has 1 aromatic rings. The van der Waals surface area contributed by atoms with E-state index in [2.05, 4.69) is 36.9 Å². The van der Waals surface area contributed by atoms with Crippen LogP contribution in [0.25, 0.3) is 0 Å². The summed E-state index contributed by atoms with van der Waals surface area (Å²) in [5, 5.41) is 0. The minimum absolute atomic E-state index is 0.225. The maximum absolute atomic E-state index is 10.9. The standard InChI is InChI=1S/C14H21NO/c1-11-5-6-12(2)14(9-11)7-8-15(4)10-13(3)16/h5-6,9H,7-8,10H2,1-4H3. The lowest BCUT2D eigenvalue weighted by Gasteiger charge is -2.15. The van der Waals surface area contributed by atoms with Gasteiger partial charge in [-0.15, -0.1) is 0 Å². The maximum atomic E-state index is 10.9. The molecule has 0 aliphatic rings. The van der Waals surface area contributed by atoms with Gasteiger partial charge in [0.1, 0.15) is 5.78 Å². The van der Waals surface area contributed by atoms with Crippen LogP contribution in [0.2, 0.25) is 0 Å². The normalized spacial score (nSPS) is 10.8. The van der Waals surface area contributed by atoms with Gasteiger partial charge in [0, 0.05) is 6.54 Å². The third-order valence-corrected chi connectivity index (χ3v) is 2.76. The Hall–Kier alpha value is -1.15. The van der Waals surface area contributed by atoms with Crippen molar-refractivity contribution in [3.05, 3.63) is 34.9 Å². The predicted octanol–water partition coefficient (Wildman–Crippen LogP) is 2.37. The predicted molar refractivity (Wildman–Crippen MR) is 67.8 cm³/mol. The van der Waals surface area contributed by atoms with Crippen molar-refractivity contribution in [3.63, 3.8) is 0 Å². The summed E-state index contributed by atoms with van der Waals surface area (Å²) in [6, 6.07) is 6.53. The Labute approximate surface area is 98.3 Å². The van der Waals surface area contributed by atoms with E-state index in [0.717, 1.165) is 13.0 Å². The molecule has 16 heavy (non-hydrogen) atoms. The molecule has 0 saturated carbocycles. The van der Waals surface area contributed by atoms with E-state index in [9.17, 15) is 4.79 Å². The zero-order valence-corrected chi connectivity index (χ0v) is 10.7. The molecule has 0 N–H and O–H groups in total. The third kappa shape index (κ3) is 4.15. The quantitative estimate of drug-likeness (QED) is 0.757. The average Bonchev–Trinajstić information content (AvgIpc) is 2.18. The largest absolute Gasteiger partial charge is 0.299 e. The highest BCUT2D eigenvalue weighted by atomic mass is 16.1. The number of Topliss-reactive ketones (excluding diaryl/α,β-unsaturated/α-hetero) is 1. The molecule has 0 heterocycles. The highest BCUT2D eigenvalue weighted by Crippen LogP contribution is 2.11. The second kappa shape index (κ2) is 5.80. The molecule has 0 radical (unpaired) electrons. The van der Waals surface area contributed by atoms with Crippen LogP contribution in [-0.4, -0.2) is 30.8 Å². The molecular weight excluding hydrogens is 198 g/mol. The van der Waals surface area contributed by atoms with Gasteiger partial charge in [0.15, 0.2) is 0 Å². The molecule has 0 fully saturated rings. The molecule has 0 atom stereocenters. The van der Waals surface area contributed by atoms with Gasteiger partial charge in [-0.05, 0) is 45.4 Å². The van der Waals surface area contributed by atoms with Crippen molar-refractivity contribution < 1.29 is 4.79 Å². The molecule has 0 bridgehead atoms. The number of carbonyl (C=O) groups excluding carboxylic acids is 1. The number of hydrogen-bond donors (Lipinski definition) is 0. The number of benzene rings is 1. The van der Waals surface area contributed by atoms with Crippen molar-refractivity contribution in [2.45, 2.75) is 27.2 Å². The van der Waals surface area contributed by atoms with Crippen LogP contribution in [0.15, 0.2) is 18.2 Å². The van der Waals surface area contributed by atoms with Gasteiger partial charge in [-0.1, -0.05) is 23.8 Å². The number of ketones is 1. The minimum Gasteiger partial charge on any atom is -0.299 e. The lowest BCUT2D eigenvalue weighted by Crippen LogP contribution is -2.26. The van der Waals surface area contributed by atoms with E-state index in [0.29, 0.717) is 6.54 Å². The van der Waals surface area contributed by atoms with Crippen LogP contribution in [0.1, 0.15) is 23.6 Å². The van der Waals surface area contributed by atoms with Crippen molar-refractivity contribution in [3.8, 4) is 0 Å². The van der Waals surface area contributed by atoms with Crippen molar-refractivity contribution >= 4 is 5.78 Å². The Morgan fingerprint density at radius 3 is 2.62 bits per heavy atom. The first kappa shape index (κ1) is 12.9. The van der Waals surface area contributed by atoms with Crippen molar-refractivity contribution in [2.24, 2.45) is 0 Å². The van der Waals surface area contributed by atoms with Crippen LogP contribution in [0, 0.1) is 13.8 Å². The fourth-order valence-electron chi connectivity index (χ4n) is 1.84. The van der Waals surface area contributed by atoms with Gasteiger partial charge >= 0.3 is 0 Å². The van der Waals surface area contributed by atoms with E-state index < -0.39 is 0 Å². The van der Waals surface area contributed by atoms with Gasteiger partial charge in [0.2, 0.25) is 0 Å². The Balaban J connectivity index is 2.54. The monoisotopic (exact) mass is 219 g/mol. The molecule has 0 aromatic heterocycles. The topological polar surface area (TPSA) is 20.3 Å². The van der Waals surface area contributed by atoms with Crippen LogP contribution in [0.4, 0.5) is 0 Å². The second-order valence-corrected chi connectivity index (χ2v) is 4.62. The minimum atomic E-state index is 0.225. The van der Waals surface area contributed by atoms with E-state index in [1.807, 2.05) is 7.05 Å². The molecule has 1 aromatic carbocycles. The van der Waals surface area contributed by atoms with Gasteiger partial charge in [-0.25, -0.2) is 0 Å². The van der Waals surface area contributed by atoms with Crippen LogP contribution in [0.3, 0.4) is 0 Å². The highest BCUT2D eigenvalue weighted by Gasteiger charge is 2.04. The first-order valence-electron chi connectivity index (χ1n) is 5.73. The summed E-state index contributed by atoms with van der Waals surface area (Å²) in [4.78, 5) is 13.0. The van der Waals surface area contributed by atoms with E-state index in [1.54, 1.807) is 6.92 Å². The van der Waals surface area contributed by atoms with Gasteiger partial charge in [-0.3, -0.25) is 9.69 Å². The number of likely N-dealkylation sites (N-methyl/N-ethyl adjacent to an activating group) is 1. The first-order valence-corrected chi connectivity index (χ1v) is 5.73. The first-order chi connectivity index (χ1) is 7.49. The summed E-state index contributed by atoms with van der Waals surface area (Å²) in [6.07, 6.45) is 1.01. The van der Waals surface area contributed by atoms with Gasteiger partial charge < -0.3 is 0 Å². The molecule has 0 spiro atoms. The van der Waals surface area contributed by atoms with Gasteiger partial charge in [0.05, 0.1) is 6.54 Å². The molecule has 0 unspecified atom stereocenters. The molecular formula is C14H21NO. The average molecular weight is 219 g/mol. The van der Waals surface area contributed by atoms with Crippen LogP contribution < -0.4 is 0 Å². The fourth-order valence-corrected chi connectivity index (χ4v) is 1.84. The van der Waals surface area contributed by atoms with Crippen LogP contribution >= 0.6 is 0 Å². The summed E-state index contributed by atoms with van der Waals surface area (Å²) in [5.74, 6) is 0.225. The lowest BCUT2D eigenvalue weighted by molar-refractivity contribution is -0.117. The maximum Gasteiger partial charge on any atom is 0.143 e. The summed E-state index contributed by atoms with van der Waals surface area (Å²) in [6.45, 7) is 7.37. The molecule has 2 nitrogen and oxygen atoms in total. The Bertz CT molecular complexity index is 371. The van der Waals surface area contributed by atoms with E-state index >= 15 is 0 Å². The van der Waals surface area contributed by atoms with Gasteiger partial charge in [0.25, 0.3) is 0 Å². The summed E-state index contributed by atoms with van der Waals surface area (Å²) >= 11 is 0. The van der Waals surface area contributed by atoms with Crippen LogP contribution in [0.5, 0.6) is 0 Å². The highest BCUT2D eigenvalue weighted by molar-refractivity contribution is 5.77. The zero-order chi connectivity index (χ0) is 12.1. The Morgan fingerprint density at radius 2 is 2.00 bits per heavy atom. The molecule has 1 rings (SSSR count). The molecule has 2 heteroatoms. The molecule has 0 aliphatic carbocycles. The molecule has 0 saturated heterocycles. The lowest BCUT2D eigenvalue weighted by atomic mass is 10.0. The van der Waals surface area contributed by atoms with Crippen molar-refractivity contribution in [1.82, 2.24) is 4.90 Å². The molecule has 0 aliphatic heterocycles. The summed E-state index contributed by atoms with van der Waals surface area (Å²) in [5.41, 5.74) is 4.02. The van der Waals surface area contributed by atoms with E-state index in [1.165, 1.54) is 16.7 Å². The number of rotatable bonds is 5. The number of hydrogen-bond acceptors (Lipinski definition) is 2. The van der Waals surface area contributed by atoms with Gasteiger partial charge in [-0.2, -0.15) is 0 Å². The van der Waals surface area contributed by atoms with Crippen molar-refractivity contribution in [2.75, 3.05) is 20.1 Å². The van der Waals surface area contributed by atoms with E-state index in [-0.39, 0.29) is 5.78 Å². The van der Waals surface area contributed by atoms with Crippen molar-refractivity contribution in [1.29, 1.82) is 0 Å². The zero-order valence-electron chi connectivity index (χ0n) is 10.7. The number of aryl methyl sites for hydroxylation is 2. The smallest absolute Gasteiger partial charge is 0.143 e. The number of carbonyl (C=O) groups is 1. The number of nitrogens with zero attached hydrogens (tertiary/aromatic N) is 1. The summed E-state index contributed by atoms with van der Waals surface area (Å²) in [7, 11) is 1.99. The fraction of sp³-hybridized carbons (Fsp3) is 0.500. The van der Waals surface area contributed by atoms with Crippen LogP contribution in [-0.2, 0) is 11.2 Å². The summed E-state index contributed by atoms with van der Waals surface area (Å²) < 4.78 is 0. The molecule has 0 amide bonds. The third-order valence-electron chi connectivity index (χ3n) is 2.76. The second-order valence-electron chi connectivity index (χ2n) is 4.62. The molecule has 88 valence electrons. The van der Waals surface area contributed by atoms with E-state index in [4.69, 9.17) is 0 Å².